The second-order valence-corrected chi connectivity index (χ2v) is 15.5. The van der Waals surface area contributed by atoms with Crippen LogP contribution in [0.3, 0.4) is 0 Å². The van der Waals surface area contributed by atoms with Gasteiger partial charge in [0, 0.05) is 23.8 Å². The molecule has 1 aromatic carbocycles. The first-order valence-corrected chi connectivity index (χ1v) is 17.0. The molecule has 0 amide bonds. The molecule has 7 atom stereocenters. The third-order valence-electron chi connectivity index (χ3n) is 9.72. The van der Waals surface area contributed by atoms with Gasteiger partial charge in [-0.2, -0.15) is 8.78 Å². The number of fused-ring (bicyclic) bond motifs is 5. The second-order valence-electron chi connectivity index (χ2n) is 15.5. The number of rotatable bonds is 3. The molecule has 2 aromatic rings. The minimum atomic E-state index is -3.55. The normalized spacial score (nSPS) is 30.2. The predicted octanol–water partition coefficient (Wildman–Crippen LogP) is 7.38. The van der Waals surface area contributed by atoms with Crippen LogP contribution in [0.1, 0.15) is 92.7 Å². The quantitative estimate of drug-likeness (QED) is 0.244. The van der Waals surface area contributed by atoms with Gasteiger partial charge >= 0.3 is 17.9 Å². The molecule has 1 aromatic heterocycles. The molecule has 48 heavy (non-hydrogen) atoms. The summed E-state index contributed by atoms with van der Waals surface area (Å²) in [7, 11) is 1.49. The Hall–Kier alpha value is -3.63. The van der Waals surface area contributed by atoms with Gasteiger partial charge in [-0.25, -0.2) is 9.97 Å². The lowest BCUT2D eigenvalue weighted by Crippen LogP contribution is -2.41. The Morgan fingerprint density at radius 1 is 1.02 bits per heavy atom. The standard InChI is InChI=1S/C37H48F2N2O7/c1-9-22-28-18-23(30(22)34(44)48-36(5,6)7)31(43)24(35(2,3)4)19-29(42)46-27-16-20(27)12-10-11-15-37(38,39)32-33(47-28)41-26-17-21(45-8)13-14-25(26)40-32/h11,13-15,17,20,22-24,27-28,30H,9-10,12,16,18-19H2,1-8H3/b15-11+/t20-,22-,23?,24-,27-,28+,30-/m1/s1. The molecule has 0 spiro atoms. The van der Waals surface area contributed by atoms with Crippen LogP contribution in [0.4, 0.5) is 8.78 Å². The average Bonchev–Trinajstić information content (AvgIpc) is 3.61. The van der Waals surface area contributed by atoms with E-state index in [9.17, 15) is 14.4 Å². The molecular formula is C37H48F2N2O7. The van der Waals surface area contributed by atoms with Crippen molar-refractivity contribution >= 4 is 28.8 Å². The summed E-state index contributed by atoms with van der Waals surface area (Å²) >= 11 is 0. The molecule has 2 heterocycles. The van der Waals surface area contributed by atoms with Crippen molar-refractivity contribution in [3.63, 3.8) is 0 Å². The van der Waals surface area contributed by atoms with Crippen LogP contribution in [-0.2, 0) is 29.8 Å². The number of hydrogen-bond donors (Lipinski definition) is 0. The number of methoxy groups -OCH3 is 1. The number of ketones is 1. The Kier molecular flexibility index (Phi) is 9.92. The van der Waals surface area contributed by atoms with E-state index < -0.39 is 64.3 Å². The molecule has 0 saturated heterocycles. The fraction of sp³-hybridized carbons (Fsp3) is 0.649. The molecule has 2 saturated carbocycles. The van der Waals surface area contributed by atoms with Gasteiger partial charge in [-0.05, 0) is 82.4 Å². The van der Waals surface area contributed by atoms with Gasteiger partial charge in [-0.1, -0.05) is 33.8 Å². The highest BCUT2D eigenvalue weighted by atomic mass is 19.3. The third kappa shape index (κ3) is 7.81. The number of halogens is 2. The number of carbonyl (C=O) groups is 3. The van der Waals surface area contributed by atoms with Crippen LogP contribution in [0.5, 0.6) is 11.6 Å². The molecule has 9 nitrogen and oxygen atoms in total. The van der Waals surface area contributed by atoms with Crippen molar-refractivity contribution in [1.82, 2.24) is 9.97 Å². The van der Waals surface area contributed by atoms with E-state index in [1.54, 1.807) is 39.0 Å². The summed E-state index contributed by atoms with van der Waals surface area (Å²) in [6.45, 7) is 12.8. The number of esters is 2. The first-order valence-electron chi connectivity index (χ1n) is 17.0. The number of alkyl halides is 2. The van der Waals surface area contributed by atoms with Gasteiger partial charge in [0.1, 0.15) is 29.3 Å². The Morgan fingerprint density at radius 3 is 2.40 bits per heavy atom. The topological polar surface area (TPSA) is 114 Å². The van der Waals surface area contributed by atoms with E-state index in [0.717, 1.165) is 6.08 Å². The number of benzene rings is 1. The SMILES string of the molecule is CC[C@@H]1[C@@H]2CC(C(=O)[C@H](C(C)(C)C)CC(=O)O[C@@H]3C[C@H]3CC/C=C/C(F)(F)c3nc4ccc(OC)cc4nc3O2)[C@@H]1C(=O)OC(C)(C)C. The van der Waals surface area contributed by atoms with Crippen LogP contribution >= 0.6 is 0 Å². The Morgan fingerprint density at radius 2 is 1.75 bits per heavy atom. The number of nitrogens with zero attached hydrogens (tertiary/aromatic N) is 2. The zero-order valence-corrected chi connectivity index (χ0v) is 29.2. The maximum atomic E-state index is 16.0. The molecule has 1 aliphatic heterocycles. The van der Waals surface area contributed by atoms with Crippen molar-refractivity contribution in [2.45, 2.75) is 111 Å². The van der Waals surface area contributed by atoms with Crippen LogP contribution in [0.25, 0.3) is 11.0 Å². The molecule has 2 aliphatic carbocycles. The fourth-order valence-electron chi connectivity index (χ4n) is 7.11. The minimum absolute atomic E-state index is 0.0479. The van der Waals surface area contributed by atoms with E-state index >= 15 is 8.78 Å². The zero-order chi connectivity index (χ0) is 35.2. The Balaban J connectivity index is 1.64. The number of Topliss-reactive ketones (excluding diaryl/α,β-unsaturated/α-hetero) is 1. The lowest BCUT2D eigenvalue weighted by molar-refractivity contribution is -0.165. The first-order chi connectivity index (χ1) is 22.4. The summed E-state index contributed by atoms with van der Waals surface area (Å²) in [4.78, 5) is 50.5. The maximum Gasteiger partial charge on any atom is 0.313 e. The maximum absolute atomic E-state index is 16.0. The molecule has 5 rings (SSSR count). The largest absolute Gasteiger partial charge is 0.497 e. The lowest BCUT2D eigenvalue weighted by atomic mass is 9.70. The summed E-state index contributed by atoms with van der Waals surface area (Å²) < 4.78 is 55.4. The lowest BCUT2D eigenvalue weighted by Gasteiger charge is -2.33. The summed E-state index contributed by atoms with van der Waals surface area (Å²) in [6.07, 6.45) is 2.94. The van der Waals surface area contributed by atoms with E-state index in [-0.39, 0.29) is 42.0 Å². The van der Waals surface area contributed by atoms with Crippen molar-refractivity contribution in [2.75, 3.05) is 7.11 Å². The van der Waals surface area contributed by atoms with Gasteiger partial charge in [-0.15, -0.1) is 0 Å². The van der Waals surface area contributed by atoms with Gasteiger partial charge in [0.15, 0.2) is 5.69 Å². The number of carbonyl (C=O) groups excluding carboxylic acids is 3. The van der Waals surface area contributed by atoms with Gasteiger partial charge in [0.2, 0.25) is 5.88 Å². The second kappa shape index (κ2) is 13.3. The van der Waals surface area contributed by atoms with Crippen molar-refractivity contribution < 1.29 is 42.1 Å². The first kappa shape index (κ1) is 35.7. The van der Waals surface area contributed by atoms with E-state index in [2.05, 4.69) is 9.97 Å². The molecule has 2 fully saturated rings. The molecule has 0 radical (unpaired) electrons. The number of hydrogen-bond acceptors (Lipinski definition) is 9. The van der Waals surface area contributed by atoms with Crippen LogP contribution in [-0.4, -0.2) is 52.6 Å². The monoisotopic (exact) mass is 670 g/mol. The Labute approximate surface area is 281 Å². The zero-order valence-electron chi connectivity index (χ0n) is 29.2. The van der Waals surface area contributed by atoms with Crippen LogP contribution in [0.15, 0.2) is 30.4 Å². The molecule has 11 heteroatoms. The number of ether oxygens (including phenoxy) is 4. The molecular weight excluding hydrogens is 622 g/mol. The Bertz CT molecular complexity index is 1580. The third-order valence-corrected chi connectivity index (χ3v) is 9.72. The van der Waals surface area contributed by atoms with Crippen molar-refractivity contribution in [2.24, 2.45) is 35.0 Å². The highest BCUT2D eigenvalue weighted by molar-refractivity contribution is 5.92. The van der Waals surface area contributed by atoms with Gasteiger partial charge in [0.05, 0.1) is 30.5 Å². The smallest absolute Gasteiger partial charge is 0.313 e. The molecule has 262 valence electrons. The van der Waals surface area contributed by atoms with E-state index in [4.69, 9.17) is 18.9 Å². The van der Waals surface area contributed by atoms with Crippen LogP contribution < -0.4 is 9.47 Å². The minimum Gasteiger partial charge on any atom is -0.497 e. The summed E-state index contributed by atoms with van der Waals surface area (Å²) in [6, 6.07) is 4.77. The van der Waals surface area contributed by atoms with Gasteiger partial charge in [-0.3, -0.25) is 14.4 Å². The highest BCUT2D eigenvalue weighted by Gasteiger charge is 2.55. The molecule has 1 unspecified atom stereocenters. The summed E-state index contributed by atoms with van der Waals surface area (Å²) in [5.74, 6) is -7.86. The van der Waals surface area contributed by atoms with Gasteiger partial charge < -0.3 is 18.9 Å². The predicted molar refractivity (Wildman–Crippen MR) is 175 cm³/mol. The van der Waals surface area contributed by atoms with E-state index in [1.807, 2.05) is 27.7 Å². The van der Waals surface area contributed by atoms with Crippen molar-refractivity contribution in [3.05, 3.63) is 36.0 Å². The van der Waals surface area contributed by atoms with Crippen molar-refractivity contribution in [3.8, 4) is 11.6 Å². The van der Waals surface area contributed by atoms with Crippen LogP contribution in [0, 0.1) is 35.0 Å². The number of allylic oxidation sites excluding steroid dienone is 2. The highest BCUT2D eigenvalue weighted by Crippen LogP contribution is 2.48. The average molecular weight is 671 g/mol. The van der Waals surface area contributed by atoms with E-state index in [0.29, 0.717) is 36.9 Å². The van der Waals surface area contributed by atoms with Crippen molar-refractivity contribution in [1.29, 1.82) is 0 Å². The van der Waals surface area contributed by atoms with Crippen LogP contribution in [0.2, 0.25) is 0 Å². The summed E-state index contributed by atoms with van der Waals surface area (Å²) in [5.41, 5.74) is -1.60. The fourth-order valence-corrected chi connectivity index (χ4v) is 7.11. The van der Waals surface area contributed by atoms with E-state index in [1.165, 1.54) is 13.2 Å². The molecule has 2 bridgehead atoms. The summed E-state index contributed by atoms with van der Waals surface area (Å²) in [5, 5.41) is 0. The van der Waals surface area contributed by atoms with Gasteiger partial charge in [0.25, 0.3) is 0 Å². The molecule has 0 N–H and O–H groups in total. The number of aromatic nitrogens is 2. The molecule has 3 aliphatic rings.